The number of hydrogen-bond donors (Lipinski definition) is 1. The van der Waals surface area contributed by atoms with Crippen molar-refractivity contribution in [3.63, 3.8) is 0 Å². The monoisotopic (exact) mass is 339 g/mol. The van der Waals surface area contributed by atoms with Gasteiger partial charge in [0.2, 0.25) is 11.8 Å². The van der Waals surface area contributed by atoms with Crippen molar-refractivity contribution in [2.45, 2.75) is 6.42 Å². The van der Waals surface area contributed by atoms with E-state index in [0.717, 1.165) is 5.69 Å². The van der Waals surface area contributed by atoms with E-state index in [-0.39, 0.29) is 23.3 Å². The highest BCUT2D eigenvalue weighted by molar-refractivity contribution is 6.32. The van der Waals surface area contributed by atoms with Crippen molar-refractivity contribution in [2.75, 3.05) is 16.8 Å². The molecule has 24 heavy (non-hydrogen) atoms. The summed E-state index contributed by atoms with van der Waals surface area (Å²) in [5.41, 5.74) is 1.65. The Bertz CT molecular complexity index is 830. The maximum atomic E-state index is 12.4. The summed E-state index contributed by atoms with van der Waals surface area (Å²) in [5.74, 6) is -0.728. The standard InChI is InChI=1S/C18H14ClN3O2/c19-16-9-14(7-6-12(16)10-20)21-18(24)13-8-17(23)22(11-13)15-4-2-1-3-5-15/h1-7,9,13H,8,11H2,(H,21,24). The first kappa shape index (κ1) is 16.0. The summed E-state index contributed by atoms with van der Waals surface area (Å²) in [6.07, 6.45) is 0.171. The van der Waals surface area contributed by atoms with Crippen molar-refractivity contribution in [1.29, 1.82) is 5.26 Å². The Kier molecular flexibility index (Phi) is 4.50. The van der Waals surface area contributed by atoms with Crippen LogP contribution in [0.3, 0.4) is 0 Å². The summed E-state index contributed by atoms with van der Waals surface area (Å²) in [4.78, 5) is 26.2. The Morgan fingerprint density at radius 2 is 2.00 bits per heavy atom. The molecule has 0 radical (unpaired) electrons. The van der Waals surface area contributed by atoms with Crippen LogP contribution in [0.4, 0.5) is 11.4 Å². The molecule has 0 bridgehead atoms. The van der Waals surface area contributed by atoms with Crippen molar-refractivity contribution < 1.29 is 9.59 Å². The molecule has 120 valence electrons. The zero-order chi connectivity index (χ0) is 17.1. The fourth-order valence-electron chi connectivity index (χ4n) is 2.67. The summed E-state index contributed by atoms with van der Waals surface area (Å²) in [5, 5.41) is 11.9. The van der Waals surface area contributed by atoms with Crippen LogP contribution >= 0.6 is 11.6 Å². The number of nitrogens with zero attached hydrogens (tertiary/aromatic N) is 2. The van der Waals surface area contributed by atoms with Crippen LogP contribution in [0.5, 0.6) is 0 Å². The van der Waals surface area contributed by atoms with Crippen LogP contribution in [-0.4, -0.2) is 18.4 Å². The molecule has 0 aliphatic carbocycles. The van der Waals surface area contributed by atoms with Gasteiger partial charge in [0.15, 0.2) is 0 Å². The van der Waals surface area contributed by atoms with Gasteiger partial charge in [-0.15, -0.1) is 0 Å². The minimum absolute atomic E-state index is 0.0702. The van der Waals surface area contributed by atoms with Crippen molar-refractivity contribution in [2.24, 2.45) is 5.92 Å². The number of halogens is 1. The number of benzene rings is 2. The number of carbonyl (C=O) groups excluding carboxylic acids is 2. The molecule has 1 heterocycles. The smallest absolute Gasteiger partial charge is 0.229 e. The predicted molar refractivity (Wildman–Crippen MR) is 91.7 cm³/mol. The first-order valence-electron chi connectivity index (χ1n) is 7.44. The van der Waals surface area contributed by atoms with Crippen molar-refractivity contribution in [1.82, 2.24) is 0 Å². The zero-order valence-electron chi connectivity index (χ0n) is 12.7. The number of nitrogens with one attached hydrogen (secondary N) is 1. The molecule has 0 saturated carbocycles. The molecule has 1 fully saturated rings. The molecule has 0 spiro atoms. The topological polar surface area (TPSA) is 73.2 Å². The van der Waals surface area contributed by atoms with Crippen molar-refractivity contribution in [3.8, 4) is 6.07 Å². The molecule has 2 amide bonds. The molecule has 6 heteroatoms. The summed E-state index contributed by atoms with van der Waals surface area (Å²) in [6.45, 7) is 0.346. The van der Waals surface area contributed by atoms with Crippen molar-refractivity contribution >= 4 is 34.8 Å². The van der Waals surface area contributed by atoms with Gasteiger partial charge < -0.3 is 10.2 Å². The minimum Gasteiger partial charge on any atom is -0.326 e. The summed E-state index contributed by atoms with van der Waals surface area (Å²) in [6, 6.07) is 15.9. The number of rotatable bonds is 3. The second kappa shape index (κ2) is 6.73. The van der Waals surface area contributed by atoms with Gasteiger partial charge in [0.1, 0.15) is 6.07 Å². The second-order valence-electron chi connectivity index (χ2n) is 5.54. The lowest BCUT2D eigenvalue weighted by Crippen LogP contribution is -2.28. The Balaban J connectivity index is 1.69. The number of amides is 2. The van der Waals surface area contributed by atoms with E-state index in [1.54, 1.807) is 17.0 Å². The average Bonchev–Trinajstić information content (AvgIpc) is 2.98. The number of hydrogen-bond acceptors (Lipinski definition) is 3. The fourth-order valence-corrected chi connectivity index (χ4v) is 2.89. The van der Waals surface area contributed by atoms with E-state index < -0.39 is 5.92 Å². The Morgan fingerprint density at radius 1 is 1.25 bits per heavy atom. The van der Waals surface area contributed by atoms with E-state index in [1.807, 2.05) is 36.4 Å². The number of para-hydroxylation sites is 1. The number of anilines is 2. The van der Waals surface area contributed by atoms with Gasteiger partial charge in [-0.25, -0.2) is 0 Å². The van der Waals surface area contributed by atoms with Gasteiger partial charge in [0.05, 0.1) is 16.5 Å². The molecule has 2 aromatic rings. The van der Waals surface area contributed by atoms with Crippen LogP contribution < -0.4 is 10.2 Å². The normalized spacial score (nSPS) is 16.8. The first-order valence-corrected chi connectivity index (χ1v) is 7.82. The third kappa shape index (κ3) is 3.24. The maximum absolute atomic E-state index is 12.4. The SMILES string of the molecule is N#Cc1ccc(NC(=O)C2CC(=O)N(c3ccccc3)C2)cc1Cl. The Labute approximate surface area is 144 Å². The lowest BCUT2D eigenvalue weighted by atomic mass is 10.1. The maximum Gasteiger partial charge on any atom is 0.229 e. The number of nitriles is 1. The molecule has 1 saturated heterocycles. The molecule has 1 aliphatic heterocycles. The molecular weight excluding hydrogens is 326 g/mol. The molecular formula is C18H14ClN3O2. The number of carbonyl (C=O) groups is 2. The van der Waals surface area contributed by atoms with Gasteiger partial charge in [-0.2, -0.15) is 5.26 Å². The Morgan fingerprint density at radius 3 is 2.67 bits per heavy atom. The molecule has 3 rings (SSSR count). The van der Waals surface area contributed by atoms with Crippen LogP contribution in [0.15, 0.2) is 48.5 Å². The fraction of sp³-hybridized carbons (Fsp3) is 0.167. The lowest BCUT2D eigenvalue weighted by molar-refractivity contribution is -0.122. The third-order valence-electron chi connectivity index (χ3n) is 3.92. The largest absolute Gasteiger partial charge is 0.326 e. The molecule has 1 atom stereocenters. The molecule has 0 aromatic heterocycles. The molecule has 1 unspecified atom stereocenters. The van der Waals surface area contributed by atoms with E-state index in [9.17, 15) is 9.59 Å². The minimum atomic E-state index is -0.424. The first-order chi connectivity index (χ1) is 11.6. The summed E-state index contributed by atoms with van der Waals surface area (Å²) in [7, 11) is 0. The van der Waals surface area contributed by atoms with Gasteiger partial charge in [0, 0.05) is 24.3 Å². The molecule has 5 nitrogen and oxygen atoms in total. The predicted octanol–water partition coefficient (Wildman–Crippen LogP) is 3.20. The van der Waals surface area contributed by atoms with Gasteiger partial charge in [0.25, 0.3) is 0 Å². The zero-order valence-corrected chi connectivity index (χ0v) is 13.5. The quantitative estimate of drug-likeness (QED) is 0.933. The molecule has 1 N–H and O–H groups in total. The summed E-state index contributed by atoms with van der Waals surface area (Å²) < 4.78 is 0. The highest BCUT2D eigenvalue weighted by atomic mass is 35.5. The third-order valence-corrected chi connectivity index (χ3v) is 4.23. The van der Waals surface area contributed by atoms with E-state index in [2.05, 4.69) is 5.32 Å². The van der Waals surface area contributed by atoms with E-state index in [1.165, 1.54) is 6.07 Å². The van der Waals surface area contributed by atoms with Gasteiger partial charge >= 0.3 is 0 Å². The van der Waals surface area contributed by atoms with Crippen LogP contribution in [0.2, 0.25) is 5.02 Å². The highest BCUT2D eigenvalue weighted by Crippen LogP contribution is 2.26. The van der Waals surface area contributed by atoms with E-state index in [4.69, 9.17) is 16.9 Å². The van der Waals surface area contributed by atoms with Crippen LogP contribution in [0.1, 0.15) is 12.0 Å². The van der Waals surface area contributed by atoms with E-state index in [0.29, 0.717) is 17.8 Å². The van der Waals surface area contributed by atoms with Crippen LogP contribution in [0.25, 0.3) is 0 Å². The highest BCUT2D eigenvalue weighted by Gasteiger charge is 2.35. The van der Waals surface area contributed by atoms with Crippen LogP contribution in [0, 0.1) is 17.2 Å². The van der Waals surface area contributed by atoms with Gasteiger partial charge in [-0.1, -0.05) is 29.8 Å². The van der Waals surface area contributed by atoms with E-state index >= 15 is 0 Å². The lowest BCUT2D eigenvalue weighted by Gasteiger charge is -2.16. The van der Waals surface area contributed by atoms with Crippen molar-refractivity contribution in [3.05, 3.63) is 59.1 Å². The molecule has 2 aromatic carbocycles. The molecule has 1 aliphatic rings. The second-order valence-corrected chi connectivity index (χ2v) is 5.94. The average molecular weight is 340 g/mol. The summed E-state index contributed by atoms with van der Waals surface area (Å²) >= 11 is 5.96. The van der Waals surface area contributed by atoms with Gasteiger partial charge in [-0.05, 0) is 30.3 Å². The Hall–Kier alpha value is -2.84. The van der Waals surface area contributed by atoms with Gasteiger partial charge in [-0.3, -0.25) is 9.59 Å². The van der Waals surface area contributed by atoms with Crippen LogP contribution in [-0.2, 0) is 9.59 Å².